The van der Waals surface area contributed by atoms with Crippen LogP contribution in [-0.2, 0) is 4.79 Å². The van der Waals surface area contributed by atoms with Crippen LogP contribution in [0.4, 0.5) is 0 Å². The summed E-state index contributed by atoms with van der Waals surface area (Å²) in [6.45, 7) is 1.31. The van der Waals surface area contributed by atoms with E-state index in [1.807, 2.05) is 0 Å². The van der Waals surface area contributed by atoms with Crippen LogP contribution in [0.3, 0.4) is 0 Å². The summed E-state index contributed by atoms with van der Waals surface area (Å²) in [6, 6.07) is 0. The maximum Gasteiger partial charge on any atom is 0.236 e. The summed E-state index contributed by atoms with van der Waals surface area (Å²) in [4.78, 5) is 11.5. The topological polar surface area (TPSA) is 46.3 Å². The SMILES string of the molecule is CN(C)[CH]C(N)=O. The maximum absolute atomic E-state index is 9.93. The Kier molecular flexibility index (Phi) is 2.37. The lowest BCUT2D eigenvalue weighted by Crippen LogP contribution is -2.21. The average molecular weight is 101 g/mol. The van der Waals surface area contributed by atoms with Crippen LogP contribution in [0.15, 0.2) is 0 Å². The van der Waals surface area contributed by atoms with E-state index in [4.69, 9.17) is 5.73 Å². The van der Waals surface area contributed by atoms with Crippen molar-refractivity contribution in [1.29, 1.82) is 0 Å². The molecule has 0 aromatic rings. The lowest BCUT2D eigenvalue weighted by Gasteiger charge is -2.01. The molecule has 0 unspecified atom stereocenters. The summed E-state index contributed by atoms with van der Waals surface area (Å²) in [5.41, 5.74) is 4.76. The van der Waals surface area contributed by atoms with Crippen molar-refractivity contribution in [2.75, 3.05) is 14.1 Å². The number of carbonyl (C=O) groups is 1. The molecule has 0 heterocycles. The number of hydrogen-bond acceptors (Lipinski definition) is 2. The molecule has 0 aromatic heterocycles. The molecule has 0 rings (SSSR count). The summed E-state index contributed by atoms with van der Waals surface area (Å²) < 4.78 is 0. The summed E-state index contributed by atoms with van der Waals surface area (Å²) in [5, 5.41) is 0. The first-order valence-corrected chi connectivity index (χ1v) is 1.93. The Balaban J connectivity index is 3.13. The minimum absolute atomic E-state index is 0.412. The Morgan fingerprint density at radius 2 is 2.14 bits per heavy atom. The number of rotatable bonds is 2. The van der Waals surface area contributed by atoms with Crippen LogP contribution >= 0.6 is 0 Å². The fourth-order valence-electron chi connectivity index (χ4n) is 0.254. The molecule has 3 nitrogen and oxygen atoms in total. The number of likely N-dealkylation sites (N-methyl/N-ethyl adjacent to an activating group) is 1. The van der Waals surface area contributed by atoms with Gasteiger partial charge >= 0.3 is 0 Å². The van der Waals surface area contributed by atoms with Crippen LogP contribution in [-0.4, -0.2) is 24.9 Å². The molecule has 0 bridgehead atoms. The smallest absolute Gasteiger partial charge is 0.236 e. The molecular weight excluding hydrogens is 92.1 g/mol. The normalized spacial score (nSPS) is 9.57. The van der Waals surface area contributed by atoms with E-state index in [2.05, 4.69) is 0 Å². The van der Waals surface area contributed by atoms with Gasteiger partial charge in [0.2, 0.25) is 5.91 Å². The minimum Gasteiger partial charge on any atom is -0.368 e. The van der Waals surface area contributed by atoms with Gasteiger partial charge in [-0.2, -0.15) is 0 Å². The van der Waals surface area contributed by atoms with Crippen molar-refractivity contribution in [2.24, 2.45) is 5.73 Å². The predicted octanol–water partition coefficient (Wildman–Crippen LogP) is -0.805. The standard InChI is InChI=1S/C4H9N2O/c1-6(2)3-4(5)7/h3H,1-2H3,(H2,5,7). The van der Waals surface area contributed by atoms with E-state index in [1.54, 1.807) is 19.0 Å². The lowest BCUT2D eigenvalue weighted by molar-refractivity contribution is -0.116. The van der Waals surface area contributed by atoms with Gasteiger partial charge in [0.05, 0.1) is 0 Å². The molecule has 2 N–H and O–H groups in total. The first-order chi connectivity index (χ1) is 3.13. The second-order valence-electron chi connectivity index (χ2n) is 1.50. The van der Waals surface area contributed by atoms with Crippen molar-refractivity contribution in [3.63, 3.8) is 0 Å². The number of nitrogens with zero attached hydrogens (tertiary/aromatic N) is 1. The van der Waals surface area contributed by atoms with Gasteiger partial charge in [-0.1, -0.05) is 0 Å². The molecule has 3 heteroatoms. The highest BCUT2D eigenvalue weighted by Crippen LogP contribution is 1.75. The van der Waals surface area contributed by atoms with E-state index in [0.29, 0.717) is 0 Å². The first-order valence-electron chi connectivity index (χ1n) is 1.93. The molecule has 0 saturated heterocycles. The third kappa shape index (κ3) is 5.43. The molecule has 0 fully saturated rings. The Morgan fingerprint density at radius 3 is 2.14 bits per heavy atom. The minimum atomic E-state index is -0.412. The fourth-order valence-corrected chi connectivity index (χ4v) is 0.254. The third-order valence-electron chi connectivity index (χ3n) is 0.385. The highest BCUT2D eigenvalue weighted by molar-refractivity contribution is 5.82. The molecule has 0 aliphatic rings. The molecule has 0 aliphatic carbocycles. The van der Waals surface area contributed by atoms with Gasteiger partial charge in [-0.15, -0.1) is 0 Å². The van der Waals surface area contributed by atoms with Gasteiger partial charge in [0.15, 0.2) is 0 Å². The Morgan fingerprint density at radius 1 is 1.71 bits per heavy atom. The lowest BCUT2D eigenvalue weighted by atomic mass is 10.6. The van der Waals surface area contributed by atoms with Gasteiger partial charge in [0.1, 0.15) is 6.54 Å². The molecule has 0 saturated carbocycles. The van der Waals surface area contributed by atoms with Gasteiger partial charge in [-0.25, -0.2) is 0 Å². The van der Waals surface area contributed by atoms with Crippen molar-refractivity contribution >= 4 is 5.91 Å². The highest BCUT2D eigenvalue weighted by Gasteiger charge is 1.93. The van der Waals surface area contributed by atoms with Crippen LogP contribution in [0.2, 0.25) is 0 Å². The zero-order valence-corrected chi connectivity index (χ0v) is 4.51. The zero-order chi connectivity index (χ0) is 5.86. The summed E-state index contributed by atoms with van der Waals surface area (Å²) in [7, 11) is 3.48. The zero-order valence-electron chi connectivity index (χ0n) is 4.51. The Bertz CT molecular complexity index is 70.1. The first kappa shape index (κ1) is 6.43. The number of primary amides is 1. The van der Waals surface area contributed by atoms with E-state index in [9.17, 15) is 4.79 Å². The van der Waals surface area contributed by atoms with Crippen LogP contribution in [0.5, 0.6) is 0 Å². The predicted molar refractivity (Wildman–Crippen MR) is 27.2 cm³/mol. The van der Waals surface area contributed by atoms with Crippen LogP contribution in [0, 0.1) is 6.54 Å². The second-order valence-corrected chi connectivity index (χ2v) is 1.50. The van der Waals surface area contributed by atoms with Crippen molar-refractivity contribution < 1.29 is 4.79 Å². The number of carbonyl (C=O) groups excluding carboxylic acids is 1. The van der Waals surface area contributed by atoms with Crippen LogP contribution in [0.25, 0.3) is 0 Å². The van der Waals surface area contributed by atoms with Crippen LogP contribution in [0.1, 0.15) is 0 Å². The summed E-state index contributed by atoms with van der Waals surface area (Å²) in [6.07, 6.45) is 0. The van der Waals surface area contributed by atoms with E-state index in [-0.39, 0.29) is 0 Å². The number of amides is 1. The molecule has 0 aliphatic heterocycles. The molecule has 0 aromatic carbocycles. The molecule has 0 spiro atoms. The quantitative estimate of drug-likeness (QED) is 0.494. The van der Waals surface area contributed by atoms with E-state index in [1.165, 1.54) is 6.54 Å². The second kappa shape index (κ2) is 2.58. The fraction of sp³-hybridized carbons (Fsp3) is 0.500. The molecule has 41 valence electrons. The Hall–Kier alpha value is -0.570. The van der Waals surface area contributed by atoms with Gasteiger partial charge in [-0.05, 0) is 14.1 Å². The van der Waals surface area contributed by atoms with Crippen molar-refractivity contribution in [3.8, 4) is 0 Å². The van der Waals surface area contributed by atoms with Gasteiger partial charge in [0, 0.05) is 0 Å². The van der Waals surface area contributed by atoms with Crippen LogP contribution < -0.4 is 5.73 Å². The summed E-state index contributed by atoms with van der Waals surface area (Å²) >= 11 is 0. The monoisotopic (exact) mass is 101 g/mol. The molecule has 0 atom stereocenters. The van der Waals surface area contributed by atoms with Gasteiger partial charge in [0.25, 0.3) is 0 Å². The average Bonchev–Trinajstić information content (AvgIpc) is 1.27. The molecule has 1 radical (unpaired) electrons. The van der Waals surface area contributed by atoms with E-state index < -0.39 is 5.91 Å². The highest BCUT2D eigenvalue weighted by atomic mass is 16.1. The number of nitrogens with two attached hydrogens (primary N) is 1. The molecular formula is C4H9N2O. The van der Waals surface area contributed by atoms with Gasteiger partial charge < -0.3 is 5.73 Å². The molecule has 1 amide bonds. The molecule has 7 heavy (non-hydrogen) atoms. The number of hydrogen-bond donors (Lipinski definition) is 1. The third-order valence-corrected chi connectivity index (χ3v) is 0.385. The van der Waals surface area contributed by atoms with Crippen molar-refractivity contribution in [1.82, 2.24) is 4.90 Å². The van der Waals surface area contributed by atoms with Gasteiger partial charge in [-0.3, -0.25) is 9.69 Å². The van der Waals surface area contributed by atoms with E-state index in [0.717, 1.165) is 0 Å². The maximum atomic E-state index is 9.93. The van der Waals surface area contributed by atoms with Crippen molar-refractivity contribution in [3.05, 3.63) is 6.54 Å². The van der Waals surface area contributed by atoms with E-state index >= 15 is 0 Å². The Labute approximate surface area is 43.1 Å². The largest absolute Gasteiger partial charge is 0.368 e. The summed E-state index contributed by atoms with van der Waals surface area (Å²) in [5.74, 6) is -0.412. The van der Waals surface area contributed by atoms with Crippen molar-refractivity contribution in [2.45, 2.75) is 0 Å².